The molecule has 0 spiro atoms. The molecule has 2 unspecified atom stereocenters. The van der Waals surface area contributed by atoms with Crippen LogP contribution in [0, 0.1) is 21.8 Å². The van der Waals surface area contributed by atoms with Crippen LogP contribution in [0.15, 0.2) is 48.5 Å². The van der Waals surface area contributed by atoms with Gasteiger partial charge in [0.15, 0.2) is 0 Å². The maximum Gasteiger partial charge on any atom is 0.269 e. The second-order valence-corrected chi connectivity index (χ2v) is 5.99. The number of hydrogen-bond acceptors (Lipinski definition) is 4. The number of benzene rings is 2. The second kappa shape index (κ2) is 7.29. The molecule has 0 saturated heterocycles. The monoisotopic (exact) mass is 343 g/mol. The van der Waals surface area contributed by atoms with Gasteiger partial charge in [-0.15, -0.1) is 0 Å². The van der Waals surface area contributed by atoms with Gasteiger partial charge in [0, 0.05) is 36.8 Å². The van der Waals surface area contributed by atoms with Crippen molar-refractivity contribution in [2.24, 2.45) is 5.92 Å². The summed E-state index contributed by atoms with van der Waals surface area (Å²) >= 11 is 0. The van der Waals surface area contributed by atoms with E-state index in [1.165, 1.54) is 18.2 Å². The van der Waals surface area contributed by atoms with Crippen molar-refractivity contribution in [3.8, 4) is 0 Å². The van der Waals surface area contributed by atoms with E-state index in [9.17, 15) is 19.3 Å². The summed E-state index contributed by atoms with van der Waals surface area (Å²) in [4.78, 5) is 22.2. The van der Waals surface area contributed by atoms with Gasteiger partial charge in [0.25, 0.3) is 5.69 Å². The molecule has 130 valence electrons. The van der Waals surface area contributed by atoms with Crippen molar-refractivity contribution in [2.75, 3.05) is 18.4 Å². The zero-order chi connectivity index (χ0) is 17.8. The summed E-state index contributed by atoms with van der Waals surface area (Å²) in [5, 5.41) is 16.5. The van der Waals surface area contributed by atoms with E-state index in [0.717, 1.165) is 5.69 Å². The highest BCUT2D eigenvalue weighted by Gasteiger charge is 2.44. The Morgan fingerprint density at radius 3 is 2.56 bits per heavy atom. The molecule has 2 aromatic carbocycles. The number of nitrogens with one attached hydrogen (secondary N) is 2. The van der Waals surface area contributed by atoms with Crippen LogP contribution < -0.4 is 10.6 Å². The number of nitro benzene ring substituents is 1. The molecule has 7 heteroatoms. The number of anilines is 1. The highest BCUT2D eigenvalue weighted by atomic mass is 19.1. The van der Waals surface area contributed by atoms with Crippen LogP contribution >= 0.6 is 0 Å². The Morgan fingerprint density at radius 1 is 1.16 bits per heavy atom. The molecule has 1 aliphatic rings. The smallest absolute Gasteiger partial charge is 0.269 e. The lowest BCUT2D eigenvalue weighted by Crippen LogP contribution is -2.30. The molecule has 1 saturated carbocycles. The molecule has 1 amide bonds. The minimum absolute atomic E-state index is 0.0340. The first-order valence-corrected chi connectivity index (χ1v) is 8.06. The van der Waals surface area contributed by atoms with Gasteiger partial charge >= 0.3 is 0 Å². The Kier molecular flexibility index (Phi) is 4.92. The molecule has 2 aromatic rings. The molecule has 0 heterocycles. The SMILES string of the molecule is O=C(NCCNc1ccc([N+](=O)[O-])cc1)C1CC1c1ccccc1F. The van der Waals surface area contributed by atoms with Crippen LogP contribution in [0.3, 0.4) is 0 Å². The lowest BCUT2D eigenvalue weighted by atomic mass is 10.1. The molecule has 0 aliphatic heterocycles. The average molecular weight is 343 g/mol. The summed E-state index contributed by atoms with van der Waals surface area (Å²) in [6.45, 7) is 0.928. The summed E-state index contributed by atoms with van der Waals surface area (Å²) in [6, 6.07) is 12.6. The van der Waals surface area contributed by atoms with Crippen LogP contribution in [-0.4, -0.2) is 23.9 Å². The lowest BCUT2D eigenvalue weighted by Gasteiger charge is -2.08. The Bertz CT molecular complexity index is 779. The number of nitrogens with zero attached hydrogens (tertiary/aromatic N) is 1. The molecule has 3 rings (SSSR count). The average Bonchev–Trinajstić information content (AvgIpc) is 3.40. The number of amides is 1. The number of carbonyl (C=O) groups is 1. The largest absolute Gasteiger partial charge is 0.383 e. The summed E-state index contributed by atoms with van der Waals surface area (Å²) in [5.74, 6) is -0.540. The number of carbonyl (C=O) groups excluding carboxylic acids is 1. The van der Waals surface area contributed by atoms with Crippen molar-refractivity contribution < 1.29 is 14.1 Å². The Hall–Kier alpha value is -2.96. The van der Waals surface area contributed by atoms with Crippen LogP contribution in [0.25, 0.3) is 0 Å². The topological polar surface area (TPSA) is 84.3 Å². The Labute approximate surface area is 144 Å². The Morgan fingerprint density at radius 2 is 1.88 bits per heavy atom. The van der Waals surface area contributed by atoms with Crippen molar-refractivity contribution in [3.05, 3.63) is 70.0 Å². The van der Waals surface area contributed by atoms with Gasteiger partial charge in [0.1, 0.15) is 5.82 Å². The predicted octanol–water partition coefficient (Wildman–Crippen LogP) is 3.07. The van der Waals surface area contributed by atoms with E-state index in [0.29, 0.717) is 25.1 Å². The molecule has 2 atom stereocenters. The fourth-order valence-corrected chi connectivity index (χ4v) is 2.83. The maximum absolute atomic E-state index is 13.7. The predicted molar refractivity (Wildman–Crippen MR) is 91.8 cm³/mol. The van der Waals surface area contributed by atoms with Gasteiger partial charge < -0.3 is 10.6 Å². The van der Waals surface area contributed by atoms with E-state index < -0.39 is 4.92 Å². The third kappa shape index (κ3) is 4.12. The van der Waals surface area contributed by atoms with Gasteiger partial charge in [-0.3, -0.25) is 14.9 Å². The third-order valence-corrected chi connectivity index (χ3v) is 4.26. The number of nitro groups is 1. The second-order valence-electron chi connectivity index (χ2n) is 5.99. The quantitative estimate of drug-likeness (QED) is 0.460. The molecule has 0 aromatic heterocycles. The minimum atomic E-state index is -0.453. The first-order valence-electron chi connectivity index (χ1n) is 8.06. The van der Waals surface area contributed by atoms with Crippen LogP contribution in [0.5, 0.6) is 0 Å². The lowest BCUT2D eigenvalue weighted by molar-refractivity contribution is -0.384. The molecule has 0 bridgehead atoms. The fraction of sp³-hybridized carbons (Fsp3) is 0.278. The van der Waals surface area contributed by atoms with Crippen molar-refractivity contribution in [1.29, 1.82) is 0 Å². The number of halogens is 1. The van der Waals surface area contributed by atoms with Gasteiger partial charge in [-0.05, 0) is 36.1 Å². The number of non-ortho nitro benzene ring substituents is 1. The van der Waals surface area contributed by atoms with Crippen molar-refractivity contribution >= 4 is 17.3 Å². The zero-order valence-corrected chi connectivity index (χ0v) is 13.4. The molecule has 2 N–H and O–H groups in total. The maximum atomic E-state index is 13.7. The first kappa shape index (κ1) is 16.9. The van der Waals surface area contributed by atoms with E-state index in [1.807, 2.05) is 0 Å². The molecular formula is C18H18FN3O3. The molecular weight excluding hydrogens is 325 g/mol. The van der Waals surface area contributed by atoms with Gasteiger partial charge in [-0.2, -0.15) is 0 Å². The van der Waals surface area contributed by atoms with Crippen LogP contribution in [-0.2, 0) is 4.79 Å². The van der Waals surface area contributed by atoms with E-state index in [-0.39, 0.29) is 29.2 Å². The highest BCUT2D eigenvalue weighted by Crippen LogP contribution is 2.48. The number of hydrogen-bond donors (Lipinski definition) is 2. The van der Waals surface area contributed by atoms with Crippen molar-refractivity contribution in [3.63, 3.8) is 0 Å². The zero-order valence-electron chi connectivity index (χ0n) is 13.4. The van der Waals surface area contributed by atoms with E-state index >= 15 is 0 Å². The van der Waals surface area contributed by atoms with Crippen molar-refractivity contribution in [1.82, 2.24) is 5.32 Å². The van der Waals surface area contributed by atoms with E-state index in [4.69, 9.17) is 0 Å². The minimum Gasteiger partial charge on any atom is -0.383 e. The van der Waals surface area contributed by atoms with Crippen molar-refractivity contribution in [2.45, 2.75) is 12.3 Å². The van der Waals surface area contributed by atoms with Gasteiger partial charge in [0.2, 0.25) is 5.91 Å². The third-order valence-electron chi connectivity index (χ3n) is 4.26. The normalized spacial score (nSPS) is 18.4. The molecule has 1 aliphatic carbocycles. The summed E-state index contributed by atoms with van der Waals surface area (Å²) in [5.41, 5.74) is 1.38. The standard InChI is InChI=1S/C18H18FN3O3/c19-17-4-2-1-3-14(17)15-11-16(15)18(23)21-10-9-20-12-5-7-13(8-6-12)22(24)25/h1-8,15-16,20H,9-11H2,(H,21,23). The summed E-state index contributed by atoms with van der Waals surface area (Å²) in [6.07, 6.45) is 0.669. The molecule has 25 heavy (non-hydrogen) atoms. The van der Waals surface area contributed by atoms with Gasteiger partial charge in [0.05, 0.1) is 4.92 Å². The first-order chi connectivity index (χ1) is 12.1. The number of rotatable bonds is 7. The van der Waals surface area contributed by atoms with Crippen LogP contribution in [0.2, 0.25) is 0 Å². The summed E-state index contributed by atoms with van der Waals surface area (Å²) in [7, 11) is 0. The van der Waals surface area contributed by atoms with Gasteiger partial charge in [-0.1, -0.05) is 18.2 Å². The van der Waals surface area contributed by atoms with Crippen LogP contribution in [0.4, 0.5) is 15.8 Å². The Balaban J connectivity index is 1.40. The molecule has 0 radical (unpaired) electrons. The van der Waals surface area contributed by atoms with Crippen LogP contribution in [0.1, 0.15) is 17.9 Å². The highest BCUT2D eigenvalue weighted by molar-refractivity contribution is 5.82. The molecule has 6 nitrogen and oxygen atoms in total. The van der Waals surface area contributed by atoms with E-state index in [1.54, 1.807) is 30.3 Å². The van der Waals surface area contributed by atoms with E-state index in [2.05, 4.69) is 10.6 Å². The van der Waals surface area contributed by atoms with Gasteiger partial charge in [-0.25, -0.2) is 4.39 Å². The summed E-state index contributed by atoms with van der Waals surface area (Å²) < 4.78 is 13.7. The fourth-order valence-electron chi connectivity index (χ4n) is 2.83. The molecule has 1 fully saturated rings.